The Bertz CT molecular complexity index is 325. The number of nitrogens with one attached hydrogen (secondary N) is 3. The third-order valence-electron chi connectivity index (χ3n) is 3.40. The molecule has 102 valence electrons. The molecule has 0 aromatic carbocycles. The normalized spacial score (nSPS) is 26.7. The molecule has 0 bridgehead atoms. The van der Waals surface area contributed by atoms with Crippen molar-refractivity contribution >= 4 is 11.9 Å². The minimum Gasteiger partial charge on any atom is -0.357 e. The van der Waals surface area contributed by atoms with Gasteiger partial charge >= 0.3 is 0 Å². The van der Waals surface area contributed by atoms with Gasteiger partial charge in [0.05, 0.1) is 6.54 Å². The molecular weight excluding hydrogens is 228 g/mol. The molecule has 0 aliphatic heterocycles. The lowest BCUT2D eigenvalue weighted by Gasteiger charge is -2.10. The monoisotopic (exact) mass is 252 g/mol. The van der Waals surface area contributed by atoms with Gasteiger partial charge in [-0.25, -0.2) is 0 Å². The van der Waals surface area contributed by atoms with Gasteiger partial charge in [0.2, 0.25) is 5.91 Å². The van der Waals surface area contributed by atoms with E-state index in [4.69, 9.17) is 0 Å². The summed E-state index contributed by atoms with van der Waals surface area (Å²) in [6, 6.07) is 0.573. The first-order valence-corrected chi connectivity index (χ1v) is 7.03. The van der Waals surface area contributed by atoms with Crippen molar-refractivity contribution in [1.29, 1.82) is 0 Å². The van der Waals surface area contributed by atoms with E-state index in [1.165, 1.54) is 6.42 Å². The van der Waals surface area contributed by atoms with E-state index in [2.05, 4.69) is 34.8 Å². The van der Waals surface area contributed by atoms with Gasteiger partial charge in [-0.3, -0.25) is 9.79 Å². The molecular formula is C13H24N4O. The van der Waals surface area contributed by atoms with Crippen LogP contribution >= 0.6 is 0 Å². The first kappa shape index (κ1) is 13.2. The largest absolute Gasteiger partial charge is 0.357 e. The molecule has 0 aromatic heterocycles. The fourth-order valence-corrected chi connectivity index (χ4v) is 1.86. The number of nitrogens with zero attached hydrogens (tertiary/aromatic N) is 1. The van der Waals surface area contributed by atoms with Crippen molar-refractivity contribution in [2.75, 3.05) is 19.6 Å². The number of carbonyl (C=O) groups is 1. The van der Waals surface area contributed by atoms with Gasteiger partial charge in [0.1, 0.15) is 0 Å². The number of aliphatic imine (C=N–C) groups is 1. The maximum Gasteiger partial charge on any atom is 0.223 e. The molecule has 2 unspecified atom stereocenters. The minimum atomic E-state index is 0.193. The molecule has 1 amide bonds. The van der Waals surface area contributed by atoms with Crippen LogP contribution in [0.25, 0.3) is 0 Å². The van der Waals surface area contributed by atoms with E-state index in [-0.39, 0.29) is 11.8 Å². The Kier molecular flexibility index (Phi) is 4.44. The fourth-order valence-electron chi connectivity index (χ4n) is 1.86. The first-order valence-electron chi connectivity index (χ1n) is 7.03. The maximum absolute atomic E-state index is 11.4. The summed E-state index contributed by atoms with van der Waals surface area (Å²) < 4.78 is 0. The summed E-state index contributed by atoms with van der Waals surface area (Å²) in [7, 11) is 0. The molecule has 0 spiro atoms. The van der Waals surface area contributed by atoms with Gasteiger partial charge in [-0.15, -0.1) is 0 Å². The van der Waals surface area contributed by atoms with Crippen LogP contribution in [-0.2, 0) is 4.79 Å². The maximum atomic E-state index is 11.4. The smallest absolute Gasteiger partial charge is 0.223 e. The van der Waals surface area contributed by atoms with Crippen LogP contribution < -0.4 is 16.0 Å². The predicted octanol–water partition coefficient (Wildman–Crippen LogP) is 0.476. The molecule has 2 aliphatic carbocycles. The molecule has 0 heterocycles. The van der Waals surface area contributed by atoms with Crippen LogP contribution in [-0.4, -0.2) is 37.5 Å². The van der Waals surface area contributed by atoms with E-state index in [0.717, 1.165) is 31.3 Å². The van der Waals surface area contributed by atoms with Crippen molar-refractivity contribution in [1.82, 2.24) is 16.0 Å². The van der Waals surface area contributed by atoms with Crippen LogP contribution in [0.1, 0.15) is 33.1 Å². The van der Waals surface area contributed by atoms with Crippen molar-refractivity contribution in [3.63, 3.8) is 0 Å². The summed E-state index contributed by atoms with van der Waals surface area (Å²) in [5, 5.41) is 9.53. The molecule has 5 nitrogen and oxygen atoms in total. The Morgan fingerprint density at radius 3 is 2.61 bits per heavy atom. The van der Waals surface area contributed by atoms with Gasteiger partial charge in [-0.1, -0.05) is 6.92 Å². The highest BCUT2D eigenvalue weighted by molar-refractivity contribution is 5.81. The zero-order valence-electron chi connectivity index (χ0n) is 11.3. The van der Waals surface area contributed by atoms with E-state index >= 15 is 0 Å². The summed E-state index contributed by atoms with van der Waals surface area (Å²) >= 11 is 0. The minimum absolute atomic E-state index is 0.193. The van der Waals surface area contributed by atoms with Gasteiger partial charge in [-0.05, 0) is 32.1 Å². The first-order chi connectivity index (χ1) is 8.70. The molecule has 18 heavy (non-hydrogen) atoms. The summed E-state index contributed by atoms with van der Waals surface area (Å²) in [6.07, 6.45) is 3.33. The van der Waals surface area contributed by atoms with Gasteiger partial charge in [-0.2, -0.15) is 0 Å². The Morgan fingerprint density at radius 2 is 2.06 bits per heavy atom. The number of guanidine groups is 1. The predicted molar refractivity (Wildman–Crippen MR) is 72.4 cm³/mol. The van der Waals surface area contributed by atoms with Gasteiger partial charge < -0.3 is 16.0 Å². The average Bonchev–Trinajstić information content (AvgIpc) is 3.22. The van der Waals surface area contributed by atoms with Crippen LogP contribution in [0.3, 0.4) is 0 Å². The van der Waals surface area contributed by atoms with E-state index < -0.39 is 0 Å². The Balaban J connectivity index is 1.64. The second kappa shape index (κ2) is 6.07. The van der Waals surface area contributed by atoms with Crippen LogP contribution in [0.4, 0.5) is 0 Å². The van der Waals surface area contributed by atoms with Crippen molar-refractivity contribution in [2.45, 2.75) is 39.2 Å². The van der Waals surface area contributed by atoms with Crippen molar-refractivity contribution < 1.29 is 4.79 Å². The fraction of sp³-hybridized carbons (Fsp3) is 0.846. The van der Waals surface area contributed by atoms with E-state index in [1.807, 2.05) is 0 Å². The standard InChI is InChI=1S/C13H24N4O/c1-3-14-13(17-11-8-9(11)2)16-7-6-15-12(18)10-4-5-10/h9-11H,3-8H2,1-2H3,(H,15,18)(H2,14,16,17). The van der Waals surface area contributed by atoms with E-state index in [0.29, 0.717) is 19.1 Å². The number of amides is 1. The molecule has 3 N–H and O–H groups in total. The quantitative estimate of drug-likeness (QED) is 0.366. The van der Waals surface area contributed by atoms with Crippen molar-refractivity contribution in [3.8, 4) is 0 Å². The van der Waals surface area contributed by atoms with Gasteiger partial charge in [0.15, 0.2) is 5.96 Å². The molecule has 2 rings (SSSR count). The highest BCUT2D eigenvalue weighted by atomic mass is 16.2. The zero-order valence-corrected chi connectivity index (χ0v) is 11.3. The Hall–Kier alpha value is -1.26. The van der Waals surface area contributed by atoms with Crippen LogP contribution in [0, 0.1) is 11.8 Å². The molecule has 2 atom stereocenters. The molecule has 2 saturated carbocycles. The van der Waals surface area contributed by atoms with Crippen LogP contribution in [0.15, 0.2) is 4.99 Å². The highest BCUT2D eigenvalue weighted by Crippen LogP contribution is 2.29. The number of hydrogen-bond acceptors (Lipinski definition) is 2. The lowest BCUT2D eigenvalue weighted by molar-refractivity contribution is -0.122. The zero-order chi connectivity index (χ0) is 13.0. The van der Waals surface area contributed by atoms with Crippen molar-refractivity contribution in [2.24, 2.45) is 16.8 Å². The average molecular weight is 252 g/mol. The van der Waals surface area contributed by atoms with E-state index in [9.17, 15) is 4.79 Å². The summed E-state index contributed by atoms with van der Waals surface area (Å²) in [4.78, 5) is 15.9. The SMILES string of the molecule is CCNC(=NCCNC(=O)C1CC1)NC1CC1C. The summed E-state index contributed by atoms with van der Waals surface area (Å²) in [6.45, 7) is 6.42. The second-order valence-corrected chi connectivity index (χ2v) is 5.29. The van der Waals surface area contributed by atoms with E-state index in [1.54, 1.807) is 0 Å². The molecule has 2 aliphatic rings. The highest BCUT2D eigenvalue weighted by Gasteiger charge is 2.33. The molecule has 0 radical (unpaired) electrons. The topological polar surface area (TPSA) is 65.5 Å². The molecule has 2 fully saturated rings. The lowest BCUT2D eigenvalue weighted by atomic mass is 10.4. The lowest BCUT2D eigenvalue weighted by Crippen LogP contribution is -2.39. The number of carbonyl (C=O) groups excluding carboxylic acids is 1. The van der Waals surface area contributed by atoms with Gasteiger partial charge in [0, 0.05) is 25.0 Å². The summed E-state index contributed by atoms with van der Waals surface area (Å²) in [5.74, 6) is 2.10. The van der Waals surface area contributed by atoms with Crippen molar-refractivity contribution in [3.05, 3.63) is 0 Å². The van der Waals surface area contributed by atoms with Crippen LogP contribution in [0.5, 0.6) is 0 Å². The molecule has 5 heteroatoms. The third kappa shape index (κ3) is 4.20. The number of hydrogen-bond donors (Lipinski definition) is 3. The Morgan fingerprint density at radius 1 is 1.33 bits per heavy atom. The van der Waals surface area contributed by atoms with Crippen LogP contribution in [0.2, 0.25) is 0 Å². The molecule has 0 saturated heterocycles. The van der Waals surface area contributed by atoms with Gasteiger partial charge in [0.25, 0.3) is 0 Å². The number of rotatable bonds is 6. The summed E-state index contributed by atoms with van der Waals surface area (Å²) in [5.41, 5.74) is 0. The second-order valence-electron chi connectivity index (χ2n) is 5.29. The molecule has 0 aromatic rings. The Labute approximate surface area is 109 Å². The third-order valence-corrected chi connectivity index (χ3v) is 3.40.